The molecule has 0 saturated carbocycles. The van der Waals surface area contributed by atoms with Crippen molar-refractivity contribution in [2.45, 2.75) is 52.1 Å². The molecule has 2 rings (SSSR count). The van der Waals surface area contributed by atoms with Gasteiger partial charge in [-0.25, -0.2) is 0 Å². The average molecular weight is 450 g/mol. The lowest BCUT2D eigenvalue weighted by Crippen LogP contribution is -2.38. The van der Waals surface area contributed by atoms with Crippen LogP contribution in [0, 0.1) is 12.3 Å². The van der Waals surface area contributed by atoms with Crippen LogP contribution in [0.2, 0.25) is 0 Å². The lowest BCUT2D eigenvalue weighted by Gasteiger charge is -2.24. The fraction of sp³-hybridized carbons (Fsp3) is 0.520. The Labute approximate surface area is 190 Å². The van der Waals surface area contributed by atoms with E-state index in [-0.39, 0.29) is 12.3 Å². The molecule has 1 amide bonds. The zero-order valence-corrected chi connectivity index (χ0v) is 19.1. The van der Waals surface area contributed by atoms with Crippen molar-refractivity contribution >= 4 is 11.5 Å². The molecule has 1 saturated heterocycles. The molecular weight excluding hydrogens is 415 g/mol. The van der Waals surface area contributed by atoms with Crippen molar-refractivity contribution in [1.29, 1.82) is 0 Å². The summed E-state index contributed by atoms with van der Waals surface area (Å²) >= 11 is 0. The van der Waals surface area contributed by atoms with Crippen LogP contribution in [0.5, 0.6) is 0 Å². The van der Waals surface area contributed by atoms with E-state index < -0.39 is 12.6 Å². The third kappa shape index (κ3) is 11.7. The minimum atomic E-state index is -4.27. The molecule has 0 N–H and O–H groups in total. The molecule has 1 aromatic heterocycles. The van der Waals surface area contributed by atoms with Gasteiger partial charge in [0.1, 0.15) is 0 Å². The summed E-state index contributed by atoms with van der Waals surface area (Å²) in [6.45, 7) is 8.14. The molecule has 0 spiro atoms. The molecule has 7 heteroatoms. The van der Waals surface area contributed by atoms with E-state index in [0.29, 0.717) is 24.2 Å². The number of pyridine rings is 1. The number of carbonyl (C=O) groups excluding carboxylic acids is 1. The van der Waals surface area contributed by atoms with Gasteiger partial charge in [-0.1, -0.05) is 25.2 Å². The number of nitrogens with zero attached hydrogens (tertiary/aromatic N) is 3. The average Bonchev–Trinajstić information content (AvgIpc) is 3.27. The highest BCUT2D eigenvalue weighted by Crippen LogP contribution is 2.24. The van der Waals surface area contributed by atoms with Crippen LogP contribution in [0.1, 0.15) is 51.5 Å². The Hall–Kier alpha value is -2.59. The predicted molar refractivity (Wildman–Crippen MR) is 124 cm³/mol. The quantitative estimate of drug-likeness (QED) is 0.357. The normalized spacial score (nSPS) is 14.7. The Bertz CT molecular complexity index is 761. The summed E-state index contributed by atoms with van der Waals surface area (Å²) in [5.41, 5.74) is 1.09. The lowest BCUT2D eigenvalue weighted by atomic mass is 10.0. The molecule has 1 aromatic rings. The highest BCUT2D eigenvalue weighted by atomic mass is 19.4. The highest BCUT2D eigenvalue weighted by molar-refractivity contribution is 5.79. The van der Waals surface area contributed by atoms with Crippen LogP contribution in [-0.2, 0) is 4.79 Å². The molecule has 0 aromatic carbocycles. The monoisotopic (exact) mass is 449 g/mol. The van der Waals surface area contributed by atoms with Crippen molar-refractivity contribution in [2.24, 2.45) is 0 Å². The van der Waals surface area contributed by atoms with E-state index >= 15 is 0 Å². The summed E-state index contributed by atoms with van der Waals surface area (Å²) in [7, 11) is 0. The first-order chi connectivity index (χ1) is 15.3. The van der Waals surface area contributed by atoms with E-state index in [0.717, 1.165) is 32.1 Å². The summed E-state index contributed by atoms with van der Waals surface area (Å²) in [4.78, 5) is 20.7. The molecule has 0 unspecified atom stereocenters. The van der Waals surface area contributed by atoms with Crippen molar-refractivity contribution in [2.75, 3.05) is 32.7 Å². The van der Waals surface area contributed by atoms with Gasteiger partial charge in [0.2, 0.25) is 5.91 Å². The SMILES string of the molecule is C#CC.CCCN(CCN1CCCC1)C(=O)C/C=C\C(=C/CC(F)(F)F)c1ccncc1. The maximum absolute atomic E-state index is 12.6. The van der Waals surface area contributed by atoms with Crippen LogP contribution in [0.4, 0.5) is 13.2 Å². The first kappa shape index (κ1) is 27.4. The molecule has 4 nitrogen and oxygen atoms in total. The van der Waals surface area contributed by atoms with Crippen LogP contribution in [0.15, 0.2) is 42.8 Å². The van der Waals surface area contributed by atoms with E-state index in [4.69, 9.17) is 0 Å². The number of aromatic nitrogens is 1. The number of allylic oxidation sites excluding steroid dienone is 3. The standard InChI is InChI=1S/C22H30F3N3O.C3H4/c1-2-14-28(18-17-27-15-3-4-16-27)21(29)7-5-6-19(8-11-22(23,24)25)20-9-12-26-13-10-20;1-3-2/h5-6,8-10,12-13H,2-4,7,11,14-18H2,1H3;1H,2H3/b6-5-,19-8+;. The maximum atomic E-state index is 12.6. The summed E-state index contributed by atoms with van der Waals surface area (Å²) in [5.74, 6) is 2.26. The smallest absolute Gasteiger partial charge is 0.341 e. The van der Waals surface area contributed by atoms with E-state index in [1.165, 1.54) is 25.2 Å². The van der Waals surface area contributed by atoms with Crippen molar-refractivity contribution in [3.63, 3.8) is 0 Å². The van der Waals surface area contributed by atoms with Crippen LogP contribution in [-0.4, -0.2) is 59.6 Å². The molecular formula is C25H34F3N3O. The van der Waals surface area contributed by atoms with Gasteiger partial charge in [-0.05, 0) is 62.5 Å². The zero-order chi connectivity index (χ0) is 23.8. The second kappa shape index (κ2) is 15.3. The molecule has 0 atom stereocenters. The van der Waals surface area contributed by atoms with Crippen molar-refractivity contribution < 1.29 is 18.0 Å². The summed E-state index contributed by atoms with van der Waals surface area (Å²) in [6.07, 6.45) is 10.3. The van der Waals surface area contributed by atoms with Crippen molar-refractivity contribution in [3.05, 3.63) is 48.3 Å². The van der Waals surface area contributed by atoms with Gasteiger partial charge >= 0.3 is 6.18 Å². The Kier molecular flexibility index (Phi) is 13.1. The van der Waals surface area contributed by atoms with Gasteiger partial charge in [-0.2, -0.15) is 13.2 Å². The van der Waals surface area contributed by atoms with Crippen molar-refractivity contribution in [1.82, 2.24) is 14.8 Å². The van der Waals surface area contributed by atoms with Gasteiger partial charge in [0, 0.05) is 38.4 Å². The molecule has 176 valence electrons. The summed E-state index contributed by atoms with van der Waals surface area (Å²) in [5, 5.41) is 0. The van der Waals surface area contributed by atoms with Crippen LogP contribution < -0.4 is 0 Å². The van der Waals surface area contributed by atoms with E-state index in [2.05, 4.69) is 22.2 Å². The molecule has 2 heterocycles. The molecule has 32 heavy (non-hydrogen) atoms. The largest absolute Gasteiger partial charge is 0.392 e. The molecule has 0 aliphatic carbocycles. The number of likely N-dealkylation sites (tertiary alicyclic amines) is 1. The number of terminal acetylenes is 1. The number of amides is 1. The minimum Gasteiger partial charge on any atom is -0.341 e. The van der Waals surface area contributed by atoms with Crippen molar-refractivity contribution in [3.8, 4) is 12.3 Å². The highest BCUT2D eigenvalue weighted by Gasteiger charge is 2.25. The lowest BCUT2D eigenvalue weighted by molar-refractivity contribution is -0.130. The number of halogens is 3. The Morgan fingerprint density at radius 1 is 1.25 bits per heavy atom. The number of alkyl halides is 3. The third-order valence-electron chi connectivity index (χ3n) is 4.89. The number of rotatable bonds is 10. The second-order valence-corrected chi connectivity index (χ2v) is 7.54. The third-order valence-corrected chi connectivity index (χ3v) is 4.89. The Morgan fingerprint density at radius 2 is 1.88 bits per heavy atom. The summed E-state index contributed by atoms with van der Waals surface area (Å²) in [6, 6.07) is 3.32. The van der Waals surface area contributed by atoms with Gasteiger partial charge in [0.15, 0.2) is 0 Å². The van der Waals surface area contributed by atoms with Gasteiger partial charge < -0.3 is 9.80 Å². The molecule has 1 fully saturated rings. The maximum Gasteiger partial charge on any atom is 0.392 e. The predicted octanol–water partition coefficient (Wildman–Crippen LogP) is 5.34. The van der Waals surface area contributed by atoms with Gasteiger partial charge in [0.05, 0.1) is 6.42 Å². The molecule has 0 radical (unpaired) electrons. The zero-order valence-electron chi connectivity index (χ0n) is 19.1. The number of hydrogen-bond donors (Lipinski definition) is 0. The number of hydrogen-bond acceptors (Lipinski definition) is 3. The topological polar surface area (TPSA) is 36.4 Å². The fourth-order valence-electron chi connectivity index (χ4n) is 3.37. The Balaban J connectivity index is 0.00000161. The first-order valence-corrected chi connectivity index (χ1v) is 11.0. The van der Waals surface area contributed by atoms with E-state index in [9.17, 15) is 18.0 Å². The number of carbonyl (C=O) groups is 1. The van der Waals surface area contributed by atoms with E-state index in [1.807, 2.05) is 11.8 Å². The van der Waals surface area contributed by atoms with Crippen LogP contribution in [0.3, 0.4) is 0 Å². The minimum absolute atomic E-state index is 0.00666. The molecule has 1 aliphatic rings. The van der Waals surface area contributed by atoms with Crippen LogP contribution in [0.25, 0.3) is 5.57 Å². The Morgan fingerprint density at radius 3 is 2.44 bits per heavy atom. The van der Waals surface area contributed by atoms with E-state index in [1.54, 1.807) is 31.2 Å². The molecule has 0 bridgehead atoms. The molecule has 1 aliphatic heterocycles. The first-order valence-electron chi connectivity index (χ1n) is 11.0. The second-order valence-electron chi connectivity index (χ2n) is 7.54. The van der Waals surface area contributed by atoms with Crippen LogP contribution >= 0.6 is 0 Å². The van der Waals surface area contributed by atoms with Gasteiger partial charge in [-0.3, -0.25) is 9.78 Å². The van der Waals surface area contributed by atoms with Gasteiger partial charge in [0.25, 0.3) is 0 Å². The van der Waals surface area contributed by atoms with Gasteiger partial charge in [-0.15, -0.1) is 12.3 Å². The summed E-state index contributed by atoms with van der Waals surface area (Å²) < 4.78 is 37.9. The fourth-order valence-corrected chi connectivity index (χ4v) is 3.37.